The summed E-state index contributed by atoms with van der Waals surface area (Å²) in [6.07, 6.45) is 3.59. The first-order valence-corrected chi connectivity index (χ1v) is 6.53. The van der Waals surface area contributed by atoms with Crippen molar-refractivity contribution >= 4 is 22.4 Å². The lowest BCUT2D eigenvalue weighted by Gasteiger charge is -2.01. The second kappa shape index (κ2) is 4.53. The van der Waals surface area contributed by atoms with Crippen molar-refractivity contribution in [3.05, 3.63) is 38.3 Å². The fraction of sp³-hybridized carbons (Fsp3) is 0.417. The van der Waals surface area contributed by atoms with Gasteiger partial charge in [-0.3, -0.25) is 14.5 Å². The monoisotopic (exact) mass is 265 g/mol. The van der Waals surface area contributed by atoms with Gasteiger partial charge in [0, 0.05) is 23.1 Å². The third-order valence-electron chi connectivity index (χ3n) is 2.75. The van der Waals surface area contributed by atoms with Gasteiger partial charge in [0.05, 0.1) is 16.3 Å². The molecule has 0 aliphatic heterocycles. The first-order chi connectivity index (χ1) is 8.40. The molecule has 2 aromatic rings. The predicted molar refractivity (Wildman–Crippen MR) is 72.4 cm³/mol. The Morgan fingerprint density at radius 3 is 2.78 bits per heavy atom. The number of aryl methyl sites for hydroxylation is 2. The zero-order chi connectivity index (χ0) is 13.4. The van der Waals surface area contributed by atoms with E-state index in [1.165, 1.54) is 0 Å². The Bertz CT molecular complexity index is 637. The molecule has 0 N–H and O–H groups in total. The van der Waals surface area contributed by atoms with E-state index in [1.807, 2.05) is 38.3 Å². The molecule has 0 unspecified atom stereocenters. The lowest BCUT2D eigenvalue weighted by Crippen LogP contribution is -2.06. The molecule has 2 aromatic heterocycles. The molecule has 18 heavy (non-hydrogen) atoms. The Kier molecular flexibility index (Phi) is 3.21. The van der Waals surface area contributed by atoms with E-state index < -0.39 is 0 Å². The maximum atomic E-state index is 11.0. The maximum Gasteiger partial charge on any atom is 0.250 e. The molecule has 6 heteroatoms. The minimum Gasteiger partial charge on any atom is -0.290 e. The van der Waals surface area contributed by atoms with Crippen LogP contribution in [0.1, 0.15) is 30.1 Å². The van der Waals surface area contributed by atoms with Crippen molar-refractivity contribution in [3.8, 4) is 0 Å². The van der Waals surface area contributed by atoms with Crippen LogP contribution >= 0.6 is 11.3 Å². The molecule has 0 bridgehead atoms. The van der Waals surface area contributed by atoms with E-state index in [2.05, 4.69) is 4.98 Å². The molecule has 0 saturated heterocycles. The molecule has 5 nitrogen and oxygen atoms in total. The molecular formula is C12H15N3O2S. The van der Waals surface area contributed by atoms with Gasteiger partial charge in [0.2, 0.25) is 0 Å². The standard InChI is InChI=1S/C12H15N3O2S/c1-7(2)10(15(16)17)5-11-9(4)13-12-14(11)6-8(3)18-12/h5-7H,1-4H3. The largest absolute Gasteiger partial charge is 0.290 e. The van der Waals surface area contributed by atoms with Crippen LogP contribution in [0.2, 0.25) is 0 Å². The first kappa shape index (κ1) is 12.8. The van der Waals surface area contributed by atoms with E-state index in [0.717, 1.165) is 21.2 Å². The Morgan fingerprint density at radius 2 is 2.22 bits per heavy atom. The molecule has 2 rings (SSSR count). The van der Waals surface area contributed by atoms with Crippen LogP contribution in [-0.4, -0.2) is 14.3 Å². The number of fused-ring (bicyclic) bond motifs is 1. The Balaban J connectivity index is 2.62. The van der Waals surface area contributed by atoms with Crippen LogP contribution in [0.4, 0.5) is 0 Å². The summed E-state index contributed by atoms with van der Waals surface area (Å²) in [7, 11) is 0. The molecule has 0 aliphatic carbocycles. The van der Waals surface area contributed by atoms with Crippen molar-refractivity contribution < 1.29 is 4.92 Å². The Morgan fingerprint density at radius 1 is 1.56 bits per heavy atom. The number of hydrogen-bond acceptors (Lipinski definition) is 4. The van der Waals surface area contributed by atoms with E-state index >= 15 is 0 Å². The summed E-state index contributed by atoms with van der Waals surface area (Å²) in [5, 5.41) is 11.0. The van der Waals surface area contributed by atoms with Crippen LogP contribution in [0.15, 0.2) is 11.9 Å². The summed E-state index contributed by atoms with van der Waals surface area (Å²) in [5.74, 6) is -0.121. The van der Waals surface area contributed by atoms with Gasteiger partial charge in [-0.05, 0) is 13.8 Å². The number of nitrogens with zero attached hydrogens (tertiary/aromatic N) is 3. The van der Waals surface area contributed by atoms with Crippen LogP contribution in [0, 0.1) is 29.9 Å². The van der Waals surface area contributed by atoms with Gasteiger partial charge < -0.3 is 0 Å². The SMILES string of the molecule is Cc1cn2c(C=C(C(C)C)[N+](=O)[O-])c(C)nc2s1. The highest BCUT2D eigenvalue weighted by atomic mass is 32.1. The highest BCUT2D eigenvalue weighted by molar-refractivity contribution is 7.17. The van der Waals surface area contributed by atoms with Crippen LogP contribution in [-0.2, 0) is 0 Å². The summed E-state index contributed by atoms with van der Waals surface area (Å²) < 4.78 is 1.92. The normalized spacial score (nSPS) is 12.6. The maximum absolute atomic E-state index is 11.0. The van der Waals surface area contributed by atoms with Gasteiger partial charge in [-0.25, -0.2) is 4.98 Å². The highest BCUT2D eigenvalue weighted by Gasteiger charge is 2.18. The fourth-order valence-corrected chi connectivity index (χ4v) is 2.70. The number of allylic oxidation sites excluding steroid dienone is 1. The minimum atomic E-state index is -0.317. The summed E-state index contributed by atoms with van der Waals surface area (Å²) >= 11 is 1.58. The van der Waals surface area contributed by atoms with Crippen molar-refractivity contribution in [2.24, 2.45) is 5.92 Å². The smallest absolute Gasteiger partial charge is 0.250 e. The number of nitro groups is 1. The third-order valence-corrected chi connectivity index (χ3v) is 3.65. The highest BCUT2D eigenvalue weighted by Crippen LogP contribution is 2.24. The Labute approximate surface area is 109 Å². The molecule has 0 aromatic carbocycles. The topological polar surface area (TPSA) is 60.4 Å². The van der Waals surface area contributed by atoms with E-state index in [-0.39, 0.29) is 16.5 Å². The molecule has 2 heterocycles. The van der Waals surface area contributed by atoms with Gasteiger partial charge in [-0.15, -0.1) is 11.3 Å². The predicted octanol–water partition coefficient (Wildman–Crippen LogP) is 3.29. The molecule has 96 valence electrons. The summed E-state index contributed by atoms with van der Waals surface area (Å²) in [5.41, 5.74) is 1.83. The quantitative estimate of drug-likeness (QED) is 0.632. The van der Waals surface area contributed by atoms with Crippen LogP contribution < -0.4 is 0 Å². The third kappa shape index (κ3) is 2.15. The molecule has 0 spiro atoms. The molecule has 0 atom stereocenters. The van der Waals surface area contributed by atoms with E-state index in [9.17, 15) is 10.1 Å². The number of aromatic nitrogens is 2. The van der Waals surface area contributed by atoms with Crippen molar-refractivity contribution in [1.82, 2.24) is 9.38 Å². The molecule has 0 saturated carbocycles. The fourth-order valence-electron chi connectivity index (χ4n) is 1.83. The minimum absolute atomic E-state index is 0.121. The van der Waals surface area contributed by atoms with E-state index in [0.29, 0.717) is 0 Å². The van der Waals surface area contributed by atoms with Gasteiger partial charge in [0.25, 0.3) is 5.70 Å². The Hall–Kier alpha value is -1.69. The van der Waals surface area contributed by atoms with Crippen molar-refractivity contribution in [2.45, 2.75) is 27.7 Å². The molecule has 0 aliphatic rings. The number of hydrogen-bond donors (Lipinski definition) is 0. The lowest BCUT2D eigenvalue weighted by atomic mass is 10.1. The summed E-state index contributed by atoms with van der Waals surface area (Å²) in [6.45, 7) is 7.51. The molecule has 0 amide bonds. The van der Waals surface area contributed by atoms with Crippen LogP contribution in [0.25, 0.3) is 11.0 Å². The van der Waals surface area contributed by atoms with Crippen molar-refractivity contribution in [3.63, 3.8) is 0 Å². The average molecular weight is 265 g/mol. The van der Waals surface area contributed by atoms with Crippen molar-refractivity contribution in [1.29, 1.82) is 0 Å². The van der Waals surface area contributed by atoms with Gasteiger partial charge in [-0.2, -0.15) is 0 Å². The average Bonchev–Trinajstić information content (AvgIpc) is 2.70. The number of thiazole rings is 1. The van der Waals surface area contributed by atoms with Gasteiger partial charge in [0.15, 0.2) is 4.96 Å². The van der Waals surface area contributed by atoms with Crippen molar-refractivity contribution in [2.75, 3.05) is 0 Å². The van der Waals surface area contributed by atoms with E-state index in [4.69, 9.17) is 0 Å². The molecule has 0 radical (unpaired) electrons. The van der Waals surface area contributed by atoms with E-state index in [1.54, 1.807) is 17.4 Å². The zero-order valence-electron chi connectivity index (χ0n) is 10.8. The lowest BCUT2D eigenvalue weighted by molar-refractivity contribution is -0.431. The van der Waals surface area contributed by atoms with Crippen LogP contribution in [0.5, 0.6) is 0 Å². The number of rotatable bonds is 3. The zero-order valence-corrected chi connectivity index (χ0v) is 11.6. The second-order valence-electron chi connectivity index (χ2n) is 4.56. The van der Waals surface area contributed by atoms with Crippen LogP contribution in [0.3, 0.4) is 0 Å². The molecular weight excluding hydrogens is 250 g/mol. The first-order valence-electron chi connectivity index (χ1n) is 5.71. The summed E-state index contributed by atoms with van der Waals surface area (Å²) in [6, 6.07) is 0. The molecule has 0 fully saturated rings. The number of imidazole rings is 1. The summed E-state index contributed by atoms with van der Waals surface area (Å²) in [4.78, 5) is 17.1. The van der Waals surface area contributed by atoms with Gasteiger partial charge in [0.1, 0.15) is 0 Å². The van der Waals surface area contributed by atoms with Gasteiger partial charge >= 0.3 is 0 Å². The van der Waals surface area contributed by atoms with Gasteiger partial charge in [-0.1, -0.05) is 13.8 Å². The second-order valence-corrected chi connectivity index (χ2v) is 5.77.